The third kappa shape index (κ3) is 3.56. The molecule has 3 heterocycles. The Balaban J connectivity index is 1.73. The van der Waals surface area contributed by atoms with Gasteiger partial charge in [-0.3, -0.25) is 0 Å². The predicted molar refractivity (Wildman–Crippen MR) is 111 cm³/mol. The van der Waals surface area contributed by atoms with Crippen molar-refractivity contribution in [3.63, 3.8) is 0 Å². The molecule has 0 unspecified atom stereocenters. The first-order chi connectivity index (χ1) is 13.0. The number of aromatic nitrogens is 4. The highest BCUT2D eigenvalue weighted by molar-refractivity contribution is 7.13. The van der Waals surface area contributed by atoms with E-state index >= 15 is 0 Å². The Bertz CT molecular complexity index is 1080. The summed E-state index contributed by atoms with van der Waals surface area (Å²) in [6, 6.07) is 12.2. The number of nitrogens with zero attached hydrogens (tertiary/aromatic N) is 5. The Kier molecular flexibility index (Phi) is 4.63. The van der Waals surface area contributed by atoms with Crippen LogP contribution in [0.25, 0.3) is 16.7 Å². The minimum Gasteiger partial charge on any atom is -0.316 e. The van der Waals surface area contributed by atoms with Gasteiger partial charge in [0.2, 0.25) is 0 Å². The van der Waals surface area contributed by atoms with Crippen LogP contribution in [0, 0.1) is 13.8 Å². The van der Waals surface area contributed by atoms with E-state index in [1.54, 1.807) is 11.3 Å². The molecule has 0 fully saturated rings. The number of hydrogen-bond donors (Lipinski definition) is 1. The molecule has 1 aromatic carbocycles. The number of para-hydroxylation sites is 1. The van der Waals surface area contributed by atoms with Gasteiger partial charge in [-0.15, -0.1) is 11.3 Å². The summed E-state index contributed by atoms with van der Waals surface area (Å²) in [5, 5.41) is 12.1. The number of rotatable bonds is 5. The van der Waals surface area contributed by atoms with E-state index in [0.29, 0.717) is 0 Å². The normalized spacial score (nSPS) is 11.4. The van der Waals surface area contributed by atoms with E-state index in [-0.39, 0.29) is 0 Å². The van der Waals surface area contributed by atoms with E-state index in [9.17, 15) is 0 Å². The molecule has 4 rings (SSSR count). The maximum atomic E-state index is 4.84. The molecule has 4 aromatic rings. The van der Waals surface area contributed by atoms with Gasteiger partial charge in [0.05, 0.1) is 17.1 Å². The maximum Gasteiger partial charge on any atom is 0.188 e. The molecule has 0 aliphatic carbocycles. The third-order valence-electron chi connectivity index (χ3n) is 4.28. The molecule has 0 saturated heterocycles. The van der Waals surface area contributed by atoms with Gasteiger partial charge >= 0.3 is 0 Å². The number of anilines is 2. The van der Waals surface area contributed by atoms with Gasteiger partial charge < -0.3 is 10.2 Å². The van der Waals surface area contributed by atoms with E-state index in [0.717, 1.165) is 51.2 Å². The fourth-order valence-corrected chi connectivity index (χ4v) is 3.90. The number of benzene rings is 1. The first kappa shape index (κ1) is 17.6. The Hall–Kier alpha value is -2.77. The van der Waals surface area contributed by atoms with E-state index in [4.69, 9.17) is 10.1 Å². The van der Waals surface area contributed by atoms with Crippen molar-refractivity contribution in [1.29, 1.82) is 0 Å². The molecule has 138 valence electrons. The second-order valence-electron chi connectivity index (χ2n) is 6.86. The smallest absolute Gasteiger partial charge is 0.188 e. The fourth-order valence-electron chi connectivity index (χ4n) is 3.19. The van der Waals surface area contributed by atoms with Crippen molar-refractivity contribution in [3.8, 4) is 5.69 Å². The molecule has 3 aromatic heterocycles. The van der Waals surface area contributed by atoms with Gasteiger partial charge in [0, 0.05) is 17.3 Å². The van der Waals surface area contributed by atoms with Crippen molar-refractivity contribution >= 4 is 33.3 Å². The Morgan fingerprint density at radius 2 is 1.89 bits per heavy atom. The molecule has 1 N–H and O–H groups in total. The van der Waals surface area contributed by atoms with Crippen LogP contribution in [0.4, 0.5) is 10.9 Å². The van der Waals surface area contributed by atoms with Crippen LogP contribution in [-0.4, -0.2) is 38.7 Å². The number of thiazole rings is 1. The first-order valence-corrected chi connectivity index (χ1v) is 9.68. The molecular formula is C20H22N6S. The molecule has 7 heteroatoms. The van der Waals surface area contributed by atoms with E-state index in [1.807, 2.05) is 56.0 Å². The van der Waals surface area contributed by atoms with Crippen molar-refractivity contribution in [1.82, 2.24) is 24.6 Å². The first-order valence-electron chi connectivity index (χ1n) is 8.80. The molecule has 0 saturated carbocycles. The van der Waals surface area contributed by atoms with Gasteiger partial charge in [-0.25, -0.2) is 14.6 Å². The van der Waals surface area contributed by atoms with Crippen LogP contribution in [0.3, 0.4) is 0 Å². The maximum absolute atomic E-state index is 4.84. The zero-order valence-electron chi connectivity index (χ0n) is 15.9. The van der Waals surface area contributed by atoms with E-state index in [2.05, 4.69) is 33.6 Å². The lowest BCUT2D eigenvalue weighted by Gasteiger charge is -2.07. The zero-order chi connectivity index (χ0) is 19.0. The summed E-state index contributed by atoms with van der Waals surface area (Å²) in [4.78, 5) is 11.6. The number of fused-ring (bicyclic) bond motifs is 1. The third-order valence-corrected chi connectivity index (χ3v) is 5.08. The number of hydrogen-bond acceptors (Lipinski definition) is 6. The predicted octanol–water partition coefficient (Wildman–Crippen LogP) is 4.30. The summed E-state index contributed by atoms with van der Waals surface area (Å²) in [5.74, 6) is 0.780. The van der Waals surface area contributed by atoms with Crippen LogP contribution in [0.5, 0.6) is 0 Å². The number of pyridine rings is 1. The van der Waals surface area contributed by atoms with Crippen LogP contribution in [0.1, 0.15) is 17.0 Å². The molecule has 0 atom stereocenters. The number of nitrogens with one attached hydrogen (secondary N) is 1. The molecule has 0 spiro atoms. The molecule has 0 radical (unpaired) electrons. The fraction of sp³-hybridized carbons (Fsp3) is 0.250. The minimum absolute atomic E-state index is 0.780. The molecule has 0 amide bonds. The highest BCUT2D eigenvalue weighted by atomic mass is 32.1. The molecule has 0 bridgehead atoms. The van der Waals surface area contributed by atoms with Crippen molar-refractivity contribution in [3.05, 3.63) is 58.7 Å². The minimum atomic E-state index is 0.780. The second-order valence-corrected chi connectivity index (χ2v) is 7.72. The van der Waals surface area contributed by atoms with Crippen LogP contribution < -0.4 is 5.32 Å². The van der Waals surface area contributed by atoms with Crippen molar-refractivity contribution in [2.45, 2.75) is 20.4 Å². The van der Waals surface area contributed by atoms with Crippen LogP contribution in [0.2, 0.25) is 0 Å². The topological polar surface area (TPSA) is 58.9 Å². The summed E-state index contributed by atoms with van der Waals surface area (Å²) >= 11 is 1.59. The zero-order valence-corrected chi connectivity index (χ0v) is 16.7. The van der Waals surface area contributed by atoms with Crippen LogP contribution in [0.15, 0.2) is 41.8 Å². The summed E-state index contributed by atoms with van der Waals surface area (Å²) in [6.45, 7) is 4.94. The lowest BCUT2D eigenvalue weighted by molar-refractivity contribution is 0.398. The average Bonchev–Trinajstić information content (AvgIpc) is 3.19. The quantitative estimate of drug-likeness (QED) is 0.561. The Labute approximate surface area is 162 Å². The molecular weight excluding hydrogens is 356 g/mol. The van der Waals surface area contributed by atoms with Gasteiger partial charge in [0.15, 0.2) is 10.8 Å². The highest BCUT2D eigenvalue weighted by Crippen LogP contribution is 2.28. The van der Waals surface area contributed by atoms with Crippen LogP contribution >= 0.6 is 11.3 Å². The van der Waals surface area contributed by atoms with Gasteiger partial charge in [0.25, 0.3) is 0 Å². The molecule has 27 heavy (non-hydrogen) atoms. The van der Waals surface area contributed by atoms with Gasteiger partial charge in [-0.1, -0.05) is 18.2 Å². The monoisotopic (exact) mass is 378 g/mol. The molecule has 0 aliphatic rings. The highest BCUT2D eigenvalue weighted by Gasteiger charge is 2.15. The summed E-state index contributed by atoms with van der Waals surface area (Å²) in [5.41, 5.74) is 5.03. The van der Waals surface area contributed by atoms with Crippen molar-refractivity contribution in [2.24, 2.45) is 0 Å². The summed E-state index contributed by atoms with van der Waals surface area (Å²) in [6.07, 6.45) is 0. The Morgan fingerprint density at radius 1 is 1.11 bits per heavy atom. The lowest BCUT2D eigenvalue weighted by Crippen LogP contribution is -2.10. The van der Waals surface area contributed by atoms with E-state index < -0.39 is 0 Å². The Morgan fingerprint density at radius 3 is 2.63 bits per heavy atom. The standard InChI is InChI=1S/C20H22N6S/c1-13-10-17(23-20-21-15(12-27-20)11-25(3)4)22-19-18(13)14(2)24-26(19)16-8-6-5-7-9-16/h5-10,12H,11H2,1-4H3,(H,21,22,23). The van der Waals surface area contributed by atoms with Crippen molar-refractivity contribution < 1.29 is 0 Å². The van der Waals surface area contributed by atoms with Gasteiger partial charge in [-0.2, -0.15) is 5.10 Å². The summed E-state index contributed by atoms with van der Waals surface area (Å²) in [7, 11) is 4.08. The largest absolute Gasteiger partial charge is 0.316 e. The SMILES string of the molecule is Cc1cc(Nc2nc(CN(C)C)cs2)nc2c1c(C)nn2-c1ccccc1. The summed E-state index contributed by atoms with van der Waals surface area (Å²) < 4.78 is 1.90. The van der Waals surface area contributed by atoms with Gasteiger partial charge in [0.1, 0.15) is 5.82 Å². The van der Waals surface area contributed by atoms with Crippen LogP contribution in [-0.2, 0) is 6.54 Å². The van der Waals surface area contributed by atoms with Crippen molar-refractivity contribution in [2.75, 3.05) is 19.4 Å². The second kappa shape index (κ2) is 7.09. The van der Waals surface area contributed by atoms with E-state index in [1.165, 1.54) is 0 Å². The lowest BCUT2D eigenvalue weighted by atomic mass is 10.1. The average molecular weight is 379 g/mol. The molecule has 6 nitrogen and oxygen atoms in total. The number of aryl methyl sites for hydroxylation is 2. The van der Waals surface area contributed by atoms with Gasteiger partial charge in [-0.05, 0) is 51.7 Å². The molecule has 0 aliphatic heterocycles.